The fourth-order valence-corrected chi connectivity index (χ4v) is 5.94. The maximum absolute atomic E-state index is 14.1. The molecule has 1 aliphatic rings. The van der Waals surface area contributed by atoms with Crippen molar-refractivity contribution in [3.63, 3.8) is 0 Å². The van der Waals surface area contributed by atoms with E-state index in [1.807, 2.05) is 39.0 Å². The average Bonchev–Trinajstić information content (AvgIpc) is 3.26. The zero-order chi connectivity index (χ0) is 31.3. The summed E-state index contributed by atoms with van der Waals surface area (Å²) in [5.74, 6) is 0.163. The Morgan fingerprint density at radius 1 is 1.07 bits per heavy atom. The number of thiazole rings is 1. The Bertz CT molecular complexity index is 1740. The molecule has 4 rings (SSSR count). The van der Waals surface area contributed by atoms with E-state index in [0.717, 1.165) is 10.0 Å². The summed E-state index contributed by atoms with van der Waals surface area (Å²) < 4.78 is 30.2. The van der Waals surface area contributed by atoms with Crippen LogP contribution >= 0.6 is 27.3 Å². The van der Waals surface area contributed by atoms with Crippen molar-refractivity contribution in [2.24, 2.45) is 4.99 Å². The Morgan fingerprint density at radius 2 is 1.81 bits per heavy atom. The van der Waals surface area contributed by atoms with Crippen molar-refractivity contribution in [2.45, 2.75) is 46.8 Å². The summed E-state index contributed by atoms with van der Waals surface area (Å²) in [5.41, 5.74) is 1.63. The zero-order valence-electron chi connectivity index (χ0n) is 24.8. The minimum Gasteiger partial charge on any atom is -0.490 e. The minimum atomic E-state index is -0.861. The SMILES string of the molecule is CCOC(=O)C1=C(C)N=c2s/c(=C/c3cc(Br)ccc3OC(C)C)c(=O)n2[C@H]1c1ccc(OCC(=O)OC)c(OCC)c1. The topological polar surface area (TPSA) is 115 Å². The van der Waals surface area contributed by atoms with Crippen molar-refractivity contribution in [1.82, 2.24) is 4.57 Å². The Kier molecular flexibility index (Phi) is 10.5. The molecule has 0 amide bonds. The average molecular weight is 674 g/mol. The van der Waals surface area contributed by atoms with E-state index in [-0.39, 0.29) is 30.5 Å². The number of nitrogens with zero attached hydrogens (tertiary/aromatic N) is 2. The van der Waals surface area contributed by atoms with Crippen molar-refractivity contribution in [2.75, 3.05) is 26.9 Å². The van der Waals surface area contributed by atoms with Gasteiger partial charge < -0.3 is 23.7 Å². The number of allylic oxidation sites excluding steroid dienone is 1. The van der Waals surface area contributed by atoms with Crippen LogP contribution in [0.15, 0.2) is 61.9 Å². The third-order valence-electron chi connectivity index (χ3n) is 6.29. The summed E-state index contributed by atoms with van der Waals surface area (Å²) in [5, 5.41) is 0. The molecule has 0 bridgehead atoms. The van der Waals surface area contributed by atoms with Crippen LogP contribution in [0.4, 0.5) is 0 Å². The lowest BCUT2D eigenvalue weighted by atomic mass is 9.95. The van der Waals surface area contributed by atoms with Crippen LogP contribution in [0.25, 0.3) is 6.08 Å². The molecule has 2 heterocycles. The van der Waals surface area contributed by atoms with Crippen LogP contribution in [0.5, 0.6) is 17.2 Å². The van der Waals surface area contributed by atoms with E-state index in [4.69, 9.17) is 18.9 Å². The molecule has 1 atom stereocenters. The molecule has 0 fully saturated rings. The lowest BCUT2D eigenvalue weighted by molar-refractivity contribution is -0.143. The van der Waals surface area contributed by atoms with Gasteiger partial charge in [-0.25, -0.2) is 14.6 Å². The van der Waals surface area contributed by atoms with E-state index in [2.05, 4.69) is 25.7 Å². The van der Waals surface area contributed by atoms with Crippen molar-refractivity contribution < 1.29 is 33.3 Å². The van der Waals surface area contributed by atoms with E-state index >= 15 is 0 Å². The van der Waals surface area contributed by atoms with Gasteiger partial charge in [0.25, 0.3) is 5.56 Å². The molecular weight excluding hydrogens is 640 g/mol. The first-order chi connectivity index (χ1) is 20.6. The summed E-state index contributed by atoms with van der Waals surface area (Å²) in [6.07, 6.45) is 1.70. The molecule has 0 spiro atoms. The van der Waals surface area contributed by atoms with Gasteiger partial charge in [-0.2, -0.15) is 0 Å². The van der Waals surface area contributed by atoms with Gasteiger partial charge in [-0.3, -0.25) is 9.36 Å². The summed E-state index contributed by atoms with van der Waals surface area (Å²) >= 11 is 4.72. The lowest BCUT2D eigenvalue weighted by Crippen LogP contribution is -2.40. The van der Waals surface area contributed by atoms with Gasteiger partial charge in [-0.05, 0) is 76.6 Å². The molecule has 12 heteroatoms. The third-order valence-corrected chi connectivity index (χ3v) is 7.77. The summed E-state index contributed by atoms with van der Waals surface area (Å²) in [6, 6.07) is 9.78. The number of methoxy groups -OCH3 is 1. The van der Waals surface area contributed by atoms with Crippen LogP contribution in [-0.2, 0) is 19.1 Å². The van der Waals surface area contributed by atoms with Crippen molar-refractivity contribution in [1.29, 1.82) is 0 Å². The Balaban J connectivity index is 1.92. The molecule has 0 unspecified atom stereocenters. The summed E-state index contributed by atoms with van der Waals surface area (Å²) in [7, 11) is 1.27. The number of halogens is 1. The lowest BCUT2D eigenvalue weighted by Gasteiger charge is -2.25. The Labute approximate surface area is 261 Å². The zero-order valence-corrected chi connectivity index (χ0v) is 27.2. The number of carbonyl (C=O) groups excluding carboxylic acids is 2. The normalized spacial score (nSPS) is 14.7. The number of carbonyl (C=O) groups is 2. The van der Waals surface area contributed by atoms with Crippen LogP contribution in [-0.4, -0.2) is 49.5 Å². The highest BCUT2D eigenvalue weighted by Gasteiger charge is 2.34. The van der Waals surface area contributed by atoms with E-state index in [1.165, 1.54) is 23.0 Å². The number of benzene rings is 2. The molecule has 0 N–H and O–H groups in total. The highest BCUT2D eigenvalue weighted by molar-refractivity contribution is 9.10. The van der Waals surface area contributed by atoms with Crippen LogP contribution in [0, 0.1) is 0 Å². The summed E-state index contributed by atoms with van der Waals surface area (Å²) in [4.78, 5) is 44.1. The van der Waals surface area contributed by atoms with Crippen molar-refractivity contribution >= 4 is 45.3 Å². The molecule has 3 aromatic rings. The number of hydrogen-bond donors (Lipinski definition) is 0. The largest absolute Gasteiger partial charge is 0.490 e. The fraction of sp³-hybridized carbons (Fsp3) is 0.355. The highest BCUT2D eigenvalue weighted by atomic mass is 79.9. The van der Waals surface area contributed by atoms with Gasteiger partial charge in [0.05, 0.1) is 48.3 Å². The summed E-state index contributed by atoms with van der Waals surface area (Å²) in [6.45, 7) is 9.27. The monoisotopic (exact) mass is 672 g/mol. The van der Waals surface area contributed by atoms with Gasteiger partial charge in [-0.1, -0.05) is 33.3 Å². The van der Waals surface area contributed by atoms with Gasteiger partial charge in [0.1, 0.15) is 5.75 Å². The molecule has 0 aliphatic carbocycles. The highest BCUT2D eigenvalue weighted by Crippen LogP contribution is 2.36. The molecule has 228 valence electrons. The molecule has 10 nitrogen and oxygen atoms in total. The van der Waals surface area contributed by atoms with Gasteiger partial charge in [0.2, 0.25) is 0 Å². The number of ether oxygens (including phenoxy) is 5. The fourth-order valence-electron chi connectivity index (χ4n) is 4.52. The molecule has 0 saturated carbocycles. The first-order valence-corrected chi connectivity index (χ1v) is 15.3. The smallest absolute Gasteiger partial charge is 0.343 e. The van der Waals surface area contributed by atoms with Crippen LogP contribution in [0.3, 0.4) is 0 Å². The number of rotatable bonds is 11. The predicted octanol–water partition coefficient (Wildman–Crippen LogP) is 4.30. The Hall–Kier alpha value is -3.90. The molecule has 1 aliphatic heterocycles. The van der Waals surface area contributed by atoms with Gasteiger partial charge in [-0.15, -0.1) is 0 Å². The quantitative estimate of drug-likeness (QED) is 0.277. The number of hydrogen-bond acceptors (Lipinski definition) is 10. The predicted molar refractivity (Wildman–Crippen MR) is 165 cm³/mol. The van der Waals surface area contributed by atoms with E-state index in [9.17, 15) is 14.4 Å². The standard InChI is InChI=1S/C31H33BrN2O8S/c1-7-39-24-14-19(9-11-23(24)41-16-26(35)38-6)28-27(30(37)40-8-2)18(5)33-31-34(28)29(36)25(43-31)15-20-13-21(32)10-12-22(20)42-17(3)4/h9-15,17,28H,7-8,16H2,1-6H3/b25-15+/t28-/m0/s1. The first-order valence-electron chi connectivity index (χ1n) is 13.7. The number of fused-ring (bicyclic) bond motifs is 1. The first kappa shape index (κ1) is 32.0. The molecule has 43 heavy (non-hydrogen) atoms. The van der Waals surface area contributed by atoms with Crippen LogP contribution in [0.1, 0.15) is 51.8 Å². The van der Waals surface area contributed by atoms with E-state index < -0.39 is 18.0 Å². The molecule has 1 aromatic heterocycles. The van der Waals surface area contributed by atoms with Gasteiger partial charge in [0, 0.05) is 10.0 Å². The second-order valence-electron chi connectivity index (χ2n) is 9.66. The van der Waals surface area contributed by atoms with Gasteiger partial charge in [0.15, 0.2) is 22.9 Å². The number of aromatic nitrogens is 1. The van der Waals surface area contributed by atoms with Crippen LogP contribution < -0.4 is 29.1 Å². The maximum Gasteiger partial charge on any atom is 0.343 e. The van der Waals surface area contributed by atoms with Crippen molar-refractivity contribution in [3.05, 3.63) is 83.0 Å². The second-order valence-corrected chi connectivity index (χ2v) is 11.6. The maximum atomic E-state index is 14.1. The van der Waals surface area contributed by atoms with E-state index in [0.29, 0.717) is 44.4 Å². The molecule has 2 aromatic carbocycles. The Morgan fingerprint density at radius 3 is 2.49 bits per heavy atom. The van der Waals surface area contributed by atoms with Gasteiger partial charge >= 0.3 is 11.9 Å². The van der Waals surface area contributed by atoms with Crippen molar-refractivity contribution in [3.8, 4) is 17.2 Å². The second kappa shape index (κ2) is 14.0. The molecule has 0 radical (unpaired) electrons. The molecular formula is C31H33BrN2O8S. The molecule has 0 saturated heterocycles. The number of esters is 2. The third kappa shape index (κ3) is 7.19. The minimum absolute atomic E-state index is 0.0663. The van der Waals surface area contributed by atoms with Crippen LogP contribution in [0.2, 0.25) is 0 Å². The van der Waals surface area contributed by atoms with E-state index in [1.54, 1.807) is 38.1 Å².